The summed E-state index contributed by atoms with van der Waals surface area (Å²) in [7, 11) is 1.54. The third kappa shape index (κ3) is 3.82. The van der Waals surface area contributed by atoms with Crippen molar-refractivity contribution in [3.05, 3.63) is 51.3 Å². The largest absolute Gasteiger partial charge is 0.496 e. The van der Waals surface area contributed by atoms with Gasteiger partial charge in [-0.2, -0.15) is 10.2 Å². The van der Waals surface area contributed by atoms with E-state index in [0.717, 1.165) is 0 Å². The SMILES string of the molecule is COc1ccccc1C=NNC(=O)C(C)n1nc(C)c([N+](=O)[O-])c1C. The molecular formula is C16H19N5O4. The highest BCUT2D eigenvalue weighted by atomic mass is 16.6. The Hall–Kier alpha value is -3.23. The van der Waals surface area contributed by atoms with Crippen LogP contribution in [0.15, 0.2) is 29.4 Å². The molecule has 1 unspecified atom stereocenters. The van der Waals surface area contributed by atoms with E-state index in [2.05, 4.69) is 15.6 Å². The fourth-order valence-electron chi connectivity index (χ4n) is 2.44. The molecule has 0 fully saturated rings. The average Bonchev–Trinajstić information content (AvgIpc) is 2.89. The van der Waals surface area contributed by atoms with Crippen LogP contribution in [0.1, 0.15) is 29.9 Å². The third-order valence-corrected chi connectivity index (χ3v) is 3.73. The number of para-hydroxylation sites is 1. The number of amides is 1. The lowest BCUT2D eigenvalue weighted by molar-refractivity contribution is -0.386. The Labute approximate surface area is 144 Å². The van der Waals surface area contributed by atoms with Gasteiger partial charge in [-0.1, -0.05) is 12.1 Å². The zero-order valence-corrected chi connectivity index (χ0v) is 14.4. The second-order valence-corrected chi connectivity index (χ2v) is 5.37. The van der Waals surface area contributed by atoms with Crippen LogP contribution >= 0.6 is 0 Å². The van der Waals surface area contributed by atoms with Gasteiger partial charge in [0.05, 0.1) is 18.2 Å². The van der Waals surface area contributed by atoms with Crippen LogP contribution in [0.3, 0.4) is 0 Å². The summed E-state index contributed by atoms with van der Waals surface area (Å²) in [6, 6.07) is 6.47. The molecule has 1 heterocycles. The lowest BCUT2D eigenvalue weighted by Crippen LogP contribution is -2.28. The van der Waals surface area contributed by atoms with Gasteiger partial charge in [-0.05, 0) is 32.9 Å². The maximum atomic E-state index is 12.2. The minimum atomic E-state index is -0.748. The monoisotopic (exact) mass is 345 g/mol. The molecule has 0 aliphatic carbocycles. The number of hydrazone groups is 1. The van der Waals surface area contributed by atoms with Crippen LogP contribution in [0.4, 0.5) is 5.69 Å². The minimum absolute atomic E-state index is 0.0860. The van der Waals surface area contributed by atoms with Crippen LogP contribution in [0.25, 0.3) is 0 Å². The maximum absolute atomic E-state index is 12.2. The van der Waals surface area contributed by atoms with Crippen molar-refractivity contribution in [2.24, 2.45) is 5.10 Å². The first-order chi connectivity index (χ1) is 11.9. The van der Waals surface area contributed by atoms with E-state index in [4.69, 9.17) is 4.74 Å². The van der Waals surface area contributed by atoms with Gasteiger partial charge in [0.2, 0.25) is 0 Å². The van der Waals surface area contributed by atoms with Gasteiger partial charge in [-0.25, -0.2) is 5.43 Å². The Morgan fingerprint density at radius 3 is 2.72 bits per heavy atom. The van der Waals surface area contributed by atoms with Gasteiger partial charge in [0.25, 0.3) is 5.91 Å². The van der Waals surface area contributed by atoms with E-state index in [1.54, 1.807) is 33.1 Å². The first kappa shape index (κ1) is 18.1. The lowest BCUT2D eigenvalue weighted by Gasteiger charge is -2.11. The number of aryl methyl sites for hydroxylation is 1. The minimum Gasteiger partial charge on any atom is -0.496 e. The van der Waals surface area contributed by atoms with E-state index < -0.39 is 16.9 Å². The number of benzene rings is 1. The van der Waals surface area contributed by atoms with Crippen molar-refractivity contribution in [2.45, 2.75) is 26.8 Å². The Morgan fingerprint density at radius 2 is 2.12 bits per heavy atom. The molecule has 2 aromatic rings. The molecule has 1 aromatic heterocycles. The Kier molecular flexibility index (Phi) is 5.48. The Bertz CT molecular complexity index is 828. The van der Waals surface area contributed by atoms with Crippen LogP contribution in [-0.2, 0) is 4.79 Å². The Morgan fingerprint density at radius 1 is 1.44 bits per heavy atom. The zero-order chi connectivity index (χ0) is 18.6. The van der Waals surface area contributed by atoms with Gasteiger partial charge < -0.3 is 4.74 Å². The van der Waals surface area contributed by atoms with Crippen LogP contribution in [0, 0.1) is 24.0 Å². The number of carbonyl (C=O) groups is 1. The highest BCUT2D eigenvalue weighted by molar-refractivity contribution is 5.86. The summed E-state index contributed by atoms with van der Waals surface area (Å²) in [4.78, 5) is 22.8. The number of carbonyl (C=O) groups excluding carboxylic acids is 1. The summed E-state index contributed by atoms with van der Waals surface area (Å²) < 4.78 is 6.51. The van der Waals surface area contributed by atoms with Gasteiger partial charge in [-0.15, -0.1) is 0 Å². The molecule has 1 atom stereocenters. The highest BCUT2D eigenvalue weighted by Gasteiger charge is 2.26. The fraction of sp³-hybridized carbons (Fsp3) is 0.312. The van der Waals surface area contributed by atoms with E-state index in [0.29, 0.717) is 17.0 Å². The molecule has 132 valence electrons. The van der Waals surface area contributed by atoms with E-state index in [1.165, 1.54) is 17.8 Å². The van der Waals surface area contributed by atoms with E-state index in [9.17, 15) is 14.9 Å². The molecule has 9 heteroatoms. The van der Waals surface area contributed by atoms with Crippen molar-refractivity contribution >= 4 is 17.8 Å². The van der Waals surface area contributed by atoms with Crippen molar-refractivity contribution in [1.82, 2.24) is 15.2 Å². The number of nitrogens with zero attached hydrogens (tertiary/aromatic N) is 4. The van der Waals surface area contributed by atoms with Crippen LogP contribution < -0.4 is 10.2 Å². The van der Waals surface area contributed by atoms with Crippen molar-refractivity contribution in [2.75, 3.05) is 7.11 Å². The maximum Gasteiger partial charge on any atom is 0.312 e. The van der Waals surface area contributed by atoms with Crippen molar-refractivity contribution < 1.29 is 14.5 Å². The molecule has 0 aliphatic heterocycles. The number of nitro groups is 1. The summed E-state index contributed by atoms with van der Waals surface area (Å²) in [6.07, 6.45) is 1.47. The lowest BCUT2D eigenvalue weighted by atomic mass is 10.2. The summed E-state index contributed by atoms with van der Waals surface area (Å²) in [5, 5.41) is 19.1. The number of hydrogen-bond donors (Lipinski definition) is 1. The topological polar surface area (TPSA) is 112 Å². The summed E-state index contributed by atoms with van der Waals surface area (Å²) >= 11 is 0. The summed E-state index contributed by atoms with van der Waals surface area (Å²) in [5.41, 5.74) is 3.61. The third-order valence-electron chi connectivity index (χ3n) is 3.73. The first-order valence-electron chi connectivity index (χ1n) is 7.52. The van der Waals surface area contributed by atoms with Gasteiger partial charge in [-0.3, -0.25) is 19.6 Å². The summed E-state index contributed by atoms with van der Waals surface area (Å²) in [6.45, 7) is 4.68. The molecule has 9 nitrogen and oxygen atoms in total. The van der Waals surface area contributed by atoms with Crippen LogP contribution in [0.5, 0.6) is 5.75 Å². The van der Waals surface area contributed by atoms with Gasteiger partial charge in [0.15, 0.2) is 0 Å². The van der Waals surface area contributed by atoms with Gasteiger partial charge >= 0.3 is 5.69 Å². The predicted molar refractivity (Wildman–Crippen MR) is 91.8 cm³/mol. The van der Waals surface area contributed by atoms with Gasteiger partial charge in [0, 0.05) is 5.56 Å². The Balaban J connectivity index is 2.12. The van der Waals surface area contributed by atoms with E-state index in [-0.39, 0.29) is 11.4 Å². The second kappa shape index (κ2) is 7.56. The van der Waals surface area contributed by atoms with E-state index >= 15 is 0 Å². The van der Waals surface area contributed by atoms with Crippen molar-refractivity contribution in [3.8, 4) is 5.75 Å². The van der Waals surface area contributed by atoms with Crippen LogP contribution in [-0.4, -0.2) is 33.9 Å². The molecule has 0 aliphatic rings. The molecule has 25 heavy (non-hydrogen) atoms. The normalized spacial score (nSPS) is 12.2. The number of methoxy groups -OCH3 is 1. The average molecular weight is 345 g/mol. The predicted octanol–water partition coefficient (Wildman–Crippen LogP) is 2.13. The van der Waals surface area contributed by atoms with Crippen LogP contribution in [0.2, 0.25) is 0 Å². The zero-order valence-electron chi connectivity index (χ0n) is 14.4. The molecule has 0 radical (unpaired) electrons. The molecule has 2 rings (SSSR count). The second-order valence-electron chi connectivity index (χ2n) is 5.37. The number of nitrogens with one attached hydrogen (secondary N) is 1. The molecule has 0 bridgehead atoms. The molecule has 1 aromatic carbocycles. The molecule has 0 saturated carbocycles. The fourth-order valence-corrected chi connectivity index (χ4v) is 2.44. The summed E-state index contributed by atoms with van der Waals surface area (Å²) in [5.74, 6) is 0.189. The molecular weight excluding hydrogens is 326 g/mol. The highest BCUT2D eigenvalue weighted by Crippen LogP contribution is 2.24. The number of aromatic nitrogens is 2. The molecule has 0 saturated heterocycles. The smallest absolute Gasteiger partial charge is 0.312 e. The van der Waals surface area contributed by atoms with Crippen molar-refractivity contribution in [1.29, 1.82) is 0 Å². The van der Waals surface area contributed by atoms with Gasteiger partial charge in [0.1, 0.15) is 23.2 Å². The number of ether oxygens (including phenoxy) is 1. The standard InChI is InChI=1S/C16H19N5O4/c1-10-15(21(23)24)11(2)20(19-10)12(3)16(22)18-17-9-13-7-5-6-8-14(13)25-4/h5-9,12H,1-4H3,(H,18,22). The number of hydrogen-bond acceptors (Lipinski definition) is 6. The molecule has 1 amide bonds. The first-order valence-corrected chi connectivity index (χ1v) is 7.52. The molecule has 0 spiro atoms. The van der Waals surface area contributed by atoms with Crippen molar-refractivity contribution in [3.63, 3.8) is 0 Å². The molecule has 1 N–H and O–H groups in total. The van der Waals surface area contributed by atoms with E-state index in [1.807, 2.05) is 12.1 Å². The quantitative estimate of drug-likeness (QED) is 0.490. The number of rotatable bonds is 6.